The van der Waals surface area contributed by atoms with E-state index in [9.17, 15) is 0 Å². The molecular weight excluding hydrogens is 244 g/mol. The van der Waals surface area contributed by atoms with Gasteiger partial charge in [-0.25, -0.2) is 0 Å². The Labute approximate surface area is 112 Å². The van der Waals surface area contributed by atoms with Gasteiger partial charge in [-0.15, -0.1) is 0 Å². The lowest BCUT2D eigenvalue weighted by molar-refractivity contribution is 0.313. The predicted molar refractivity (Wildman–Crippen MR) is 70.0 cm³/mol. The Hall–Kier alpha value is -1.76. The molecule has 1 atom stereocenters. The van der Waals surface area contributed by atoms with Gasteiger partial charge in [-0.05, 0) is 31.2 Å². The van der Waals surface area contributed by atoms with Crippen LogP contribution in [0.1, 0.15) is 32.6 Å². The maximum Gasteiger partial charge on any atom is 0.227 e. The number of hydrogen-bond donors (Lipinski definition) is 2. The van der Waals surface area contributed by atoms with E-state index < -0.39 is 0 Å². The number of nitrogens with two attached hydrogens (primary N) is 1. The van der Waals surface area contributed by atoms with E-state index in [2.05, 4.69) is 39.4 Å². The van der Waals surface area contributed by atoms with Gasteiger partial charge in [-0.1, -0.05) is 19.0 Å². The molecule has 7 heteroatoms. The molecule has 0 spiro atoms. The zero-order valence-electron chi connectivity index (χ0n) is 11.3. The number of aromatic nitrogens is 5. The second-order valence-corrected chi connectivity index (χ2v) is 4.99. The molecule has 0 aromatic carbocycles. The Morgan fingerprint density at radius 2 is 2.21 bits per heavy atom. The van der Waals surface area contributed by atoms with Gasteiger partial charge < -0.3 is 10.3 Å². The summed E-state index contributed by atoms with van der Waals surface area (Å²) in [6.07, 6.45) is 4.38. The van der Waals surface area contributed by atoms with Crippen LogP contribution in [0.4, 0.5) is 0 Å². The highest BCUT2D eigenvalue weighted by atomic mass is 16.5. The third-order valence-corrected chi connectivity index (χ3v) is 3.32. The van der Waals surface area contributed by atoms with Crippen molar-refractivity contribution >= 4 is 0 Å². The van der Waals surface area contributed by atoms with Crippen LogP contribution < -0.4 is 5.73 Å². The van der Waals surface area contributed by atoms with Crippen molar-refractivity contribution in [1.29, 1.82) is 0 Å². The molecule has 2 aromatic rings. The van der Waals surface area contributed by atoms with E-state index >= 15 is 0 Å². The molecule has 2 heterocycles. The lowest BCUT2D eigenvalue weighted by atomic mass is 9.88. The van der Waals surface area contributed by atoms with Crippen LogP contribution in [0.3, 0.4) is 0 Å². The van der Waals surface area contributed by atoms with Crippen LogP contribution in [-0.4, -0.2) is 32.1 Å². The Kier molecular flexibility index (Phi) is 4.62. The molecule has 0 bridgehead atoms. The Morgan fingerprint density at radius 1 is 1.37 bits per heavy atom. The number of aromatic amines is 1. The molecule has 0 saturated carbocycles. The van der Waals surface area contributed by atoms with Gasteiger partial charge in [0.1, 0.15) is 0 Å². The van der Waals surface area contributed by atoms with E-state index in [1.165, 1.54) is 0 Å². The Bertz CT molecular complexity index is 478. The number of hydrogen-bond acceptors (Lipinski definition) is 6. The summed E-state index contributed by atoms with van der Waals surface area (Å²) in [5.41, 5.74) is 6.23. The largest absolute Gasteiger partial charge is 0.339 e. The van der Waals surface area contributed by atoms with Crippen LogP contribution in [0.15, 0.2) is 10.7 Å². The topological polar surface area (TPSA) is 107 Å². The van der Waals surface area contributed by atoms with Gasteiger partial charge >= 0.3 is 0 Å². The van der Waals surface area contributed by atoms with E-state index in [1.54, 1.807) is 6.20 Å². The smallest absolute Gasteiger partial charge is 0.227 e. The summed E-state index contributed by atoms with van der Waals surface area (Å²) in [5, 5.41) is 14.1. The third kappa shape index (κ3) is 3.60. The minimum Gasteiger partial charge on any atom is -0.339 e. The zero-order chi connectivity index (χ0) is 13.7. The highest BCUT2D eigenvalue weighted by molar-refractivity contribution is 5.44. The molecule has 19 heavy (non-hydrogen) atoms. The second kappa shape index (κ2) is 6.42. The van der Waals surface area contributed by atoms with Gasteiger partial charge in [0.15, 0.2) is 5.69 Å². The molecule has 2 rings (SSSR count). The molecule has 2 aromatic heterocycles. The molecule has 0 amide bonds. The van der Waals surface area contributed by atoms with E-state index in [0.29, 0.717) is 29.2 Å². The van der Waals surface area contributed by atoms with Gasteiger partial charge in [0.25, 0.3) is 0 Å². The number of H-pyrrole nitrogens is 1. The third-order valence-electron chi connectivity index (χ3n) is 3.32. The lowest BCUT2D eigenvalue weighted by Crippen LogP contribution is -2.15. The predicted octanol–water partition coefficient (Wildman–Crippen LogP) is 1.41. The SMILES string of the molecule is CC(C)C(CCN)CCc1nc(-c2cn[nH]n2)no1. The molecule has 0 aliphatic carbocycles. The Balaban J connectivity index is 1.93. The van der Waals surface area contributed by atoms with Gasteiger partial charge in [-0.3, -0.25) is 0 Å². The van der Waals surface area contributed by atoms with Crippen LogP contribution in [0, 0.1) is 11.8 Å². The van der Waals surface area contributed by atoms with Gasteiger partial charge in [0.2, 0.25) is 11.7 Å². The molecule has 3 N–H and O–H groups in total. The van der Waals surface area contributed by atoms with Crippen LogP contribution in [-0.2, 0) is 6.42 Å². The number of nitrogens with zero attached hydrogens (tertiary/aromatic N) is 4. The fraction of sp³-hybridized carbons (Fsp3) is 0.667. The molecule has 104 valence electrons. The summed E-state index contributed by atoms with van der Waals surface area (Å²) >= 11 is 0. The van der Waals surface area contributed by atoms with Crippen molar-refractivity contribution in [1.82, 2.24) is 25.6 Å². The monoisotopic (exact) mass is 264 g/mol. The zero-order valence-corrected chi connectivity index (χ0v) is 11.3. The molecule has 0 aliphatic rings. The fourth-order valence-electron chi connectivity index (χ4n) is 2.10. The summed E-state index contributed by atoms with van der Waals surface area (Å²) in [6.45, 7) is 5.15. The molecule has 0 aliphatic heterocycles. The van der Waals surface area contributed by atoms with E-state index in [-0.39, 0.29) is 0 Å². The average molecular weight is 264 g/mol. The van der Waals surface area contributed by atoms with Crippen LogP contribution in [0.2, 0.25) is 0 Å². The first-order valence-electron chi connectivity index (χ1n) is 6.59. The van der Waals surface area contributed by atoms with Gasteiger partial charge in [0.05, 0.1) is 6.20 Å². The molecular formula is C12H20N6O. The maximum absolute atomic E-state index is 5.63. The minimum atomic E-state index is 0.476. The standard InChI is InChI=1S/C12H20N6O/c1-8(2)9(5-6-13)3-4-11-15-12(17-19-11)10-7-14-18-16-10/h7-9H,3-6,13H2,1-2H3,(H,14,16,18). The van der Waals surface area contributed by atoms with Crippen molar-refractivity contribution in [2.75, 3.05) is 6.54 Å². The quantitative estimate of drug-likeness (QED) is 0.783. The highest BCUT2D eigenvalue weighted by Gasteiger charge is 2.16. The van der Waals surface area contributed by atoms with Crippen LogP contribution in [0.5, 0.6) is 0 Å². The summed E-state index contributed by atoms with van der Waals surface area (Å²) < 4.78 is 5.22. The molecule has 1 unspecified atom stereocenters. The van der Waals surface area contributed by atoms with Crippen molar-refractivity contribution < 1.29 is 4.52 Å². The number of nitrogens with one attached hydrogen (secondary N) is 1. The fourth-order valence-corrected chi connectivity index (χ4v) is 2.10. The Morgan fingerprint density at radius 3 is 2.84 bits per heavy atom. The molecule has 7 nitrogen and oxygen atoms in total. The lowest BCUT2D eigenvalue weighted by Gasteiger charge is -2.18. The van der Waals surface area contributed by atoms with Crippen LogP contribution >= 0.6 is 0 Å². The van der Waals surface area contributed by atoms with Crippen molar-refractivity contribution in [2.45, 2.75) is 33.1 Å². The van der Waals surface area contributed by atoms with Crippen LogP contribution in [0.25, 0.3) is 11.5 Å². The normalized spacial score (nSPS) is 13.1. The van der Waals surface area contributed by atoms with E-state index in [1.807, 2.05) is 0 Å². The van der Waals surface area contributed by atoms with Crippen molar-refractivity contribution in [3.63, 3.8) is 0 Å². The summed E-state index contributed by atoms with van der Waals surface area (Å²) in [5.74, 6) is 2.32. The second-order valence-electron chi connectivity index (χ2n) is 4.99. The molecule has 0 saturated heterocycles. The first-order valence-corrected chi connectivity index (χ1v) is 6.59. The minimum absolute atomic E-state index is 0.476. The van der Waals surface area contributed by atoms with Crippen molar-refractivity contribution in [3.05, 3.63) is 12.1 Å². The van der Waals surface area contributed by atoms with E-state index in [4.69, 9.17) is 10.3 Å². The van der Waals surface area contributed by atoms with Crippen molar-refractivity contribution in [3.8, 4) is 11.5 Å². The van der Waals surface area contributed by atoms with Gasteiger partial charge in [0, 0.05) is 6.42 Å². The molecule has 0 fully saturated rings. The summed E-state index contributed by atoms with van der Waals surface area (Å²) in [7, 11) is 0. The maximum atomic E-state index is 5.63. The highest BCUT2D eigenvalue weighted by Crippen LogP contribution is 2.21. The van der Waals surface area contributed by atoms with Gasteiger partial charge in [-0.2, -0.15) is 20.4 Å². The number of aryl methyl sites for hydroxylation is 1. The summed E-state index contributed by atoms with van der Waals surface area (Å²) in [6, 6.07) is 0. The molecule has 0 radical (unpaired) electrons. The first kappa shape index (κ1) is 13.7. The first-order chi connectivity index (χ1) is 9.20. The summed E-state index contributed by atoms with van der Waals surface area (Å²) in [4.78, 5) is 4.31. The average Bonchev–Trinajstić information content (AvgIpc) is 3.04. The number of rotatable bonds is 7. The van der Waals surface area contributed by atoms with E-state index in [0.717, 1.165) is 25.8 Å². The van der Waals surface area contributed by atoms with Crippen molar-refractivity contribution in [2.24, 2.45) is 17.6 Å².